The Hall–Kier alpha value is -1.46. The number of carbonyl (C=O) groups is 1. The number of carboxylic acids is 1. The molecule has 0 radical (unpaired) electrons. The molecular weight excluding hydrogens is 244 g/mol. The lowest BCUT2D eigenvalue weighted by molar-refractivity contribution is 0.0690. The molecule has 0 fully saturated rings. The van der Waals surface area contributed by atoms with Gasteiger partial charge in [0.25, 0.3) is 0 Å². The highest BCUT2D eigenvalue weighted by atomic mass is 16.4. The molecule has 0 saturated carbocycles. The van der Waals surface area contributed by atoms with Gasteiger partial charge in [-0.3, -0.25) is 0 Å². The van der Waals surface area contributed by atoms with Crippen molar-refractivity contribution in [1.82, 2.24) is 10.3 Å². The van der Waals surface area contributed by atoms with Crippen LogP contribution in [0.2, 0.25) is 0 Å². The Labute approximate surface area is 113 Å². The van der Waals surface area contributed by atoms with Crippen molar-refractivity contribution in [2.75, 3.05) is 6.61 Å². The SMILES string of the molecule is CC(C)(C)C(CCO)NCc1cccc(C(=O)O)n1. The molecule has 0 aromatic carbocycles. The van der Waals surface area contributed by atoms with Crippen molar-refractivity contribution in [1.29, 1.82) is 0 Å². The van der Waals surface area contributed by atoms with Gasteiger partial charge in [0, 0.05) is 19.2 Å². The van der Waals surface area contributed by atoms with Crippen molar-refractivity contribution in [3.63, 3.8) is 0 Å². The minimum atomic E-state index is -1.02. The van der Waals surface area contributed by atoms with E-state index < -0.39 is 5.97 Å². The van der Waals surface area contributed by atoms with Crippen LogP contribution in [0.15, 0.2) is 18.2 Å². The number of hydrogen-bond donors (Lipinski definition) is 3. The van der Waals surface area contributed by atoms with E-state index >= 15 is 0 Å². The number of nitrogens with zero attached hydrogens (tertiary/aromatic N) is 1. The molecule has 0 aliphatic heterocycles. The van der Waals surface area contributed by atoms with Crippen LogP contribution in [0.25, 0.3) is 0 Å². The van der Waals surface area contributed by atoms with E-state index in [0.717, 1.165) is 0 Å². The van der Waals surface area contributed by atoms with Crippen LogP contribution in [0.3, 0.4) is 0 Å². The number of hydrogen-bond acceptors (Lipinski definition) is 4. The quantitative estimate of drug-likeness (QED) is 0.729. The van der Waals surface area contributed by atoms with Crippen LogP contribution >= 0.6 is 0 Å². The lowest BCUT2D eigenvalue weighted by Gasteiger charge is -2.31. The maximum Gasteiger partial charge on any atom is 0.354 e. The zero-order chi connectivity index (χ0) is 14.5. The molecule has 1 aromatic rings. The lowest BCUT2D eigenvalue weighted by atomic mass is 9.85. The Morgan fingerprint density at radius 1 is 1.42 bits per heavy atom. The Morgan fingerprint density at radius 2 is 2.11 bits per heavy atom. The number of pyridine rings is 1. The summed E-state index contributed by atoms with van der Waals surface area (Å²) in [6.07, 6.45) is 0.655. The Morgan fingerprint density at radius 3 is 2.63 bits per heavy atom. The fourth-order valence-electron chi connectivity index (χ4n) is 1.90. The second kappa shape index (κ2) is 6.63. The Bertz CT molecular complexity index is 427. The van der Waals surface area contributed by atoms with E-state index in [4.69, 9.17) is 10.2 Å². The summed E-state index contributed by atoms with van der Waals surface area (Å²) in [7, 11) is 0. The molecule has 1 unspecified atom stereocenters. The van der Waals surface area contributed by atoms with Gasteiger partial charge in [-0.1, -0.05) is 26.8 Å². The van der Waals surface area contributed by atoms with E-state index in [1.807, 2.05) is 0 Å². The van der Waals surface area contributed by atoms with Crippen molar-refractivity contribution in [2.24, 2.45) is 5.41 Å². The molecule has 1 rings (SSSR count). The summed E-state index contributed by atoms with van der Waals surface area (Å²) in [5.41, 5.74) is 0.758. The van der Waals surface area contributed by atoms with Gasteiger partial charge in [-0.05, 0) is 24.0 Å². The summed E-state index contributed by atoms with van der Waals surface area (Å²) in [4.78, 5) is 14.9. The third-order valence-electron chi connectivity index (χ3n) is 3.02. The van der Waals surface area contributed by atoms with Gasteiger partial charge in [0.15, 0.2) is 0 Å². The molecule has 0 bridgehead atoms. The standard InChI is InChI=1S/C14H22N2O3/c1-14(2,3)12(7-8-17)15-9-10-5-4-6-11(16-10)13(18)19/h4-6,12,15,17H,7-9H2,1-3H3,(H,18,19). The number of aliphatic hydroxyl groups is 1. The number of aromatic nitrogens is 1. The highest BCUT2D eigenvalue weighted by Crippen LogP contribution is 2.21. The topological polar surface area (TPSA) is 82.5 Å². The molecule has 0 saturated heterocycles. The van der Waals surface area contributed by atoms with Gasteiger partial charge in [-0.15, -0.1) is 0 Å². The van der Waals surface area contributed by atoms with Crippen molar-refractivity contribution in [2.45, 2.75) is 39.8 Å². The fraction of sp³-hybridized carbons (Fsp3) is 0.571. The van der Waals surface area contributed by atoms with E-state index in [-0.39, 0.29) is 23.8 Å². The number of nitrogens with one attached hydrogen (secondary N) is 1. The average Bonchev–Trinajstić information content (AvgIpc) is 2.33. The summed E-state index contributed by atoms with van der Waals surface area (Å²) in [6, 6.07) is 5.10. The lowest BCUT2D eigenvalue weighted by Crippen LogP contribution is -2.40. The van der Waals surface area contributed by atoms with Crippen LogP contribution in [0.5, 0.6) is 0 Å². The van der Waals surface area contributed by atoms with Crippen molar-refractivity contribution in [3.05, 3.63) is 29.6 Å². The first-order valence-corrected chi connectivity index (χ1v) is 6.38. The van der Waals surface area contributed by atoms with Gasteiger partial charge < -0.3 is 15.5 Å². The van der Waals surface area contributed by atoms with Gasteiger partial charge in [-0.25, -0.2) is 9.78 Å². The van der Waals surface area contributed by atoms with Gasteiger partial charge in [0.05, 0.1) is 5.69 Å². The third-order valence-corrected chi connectivity index (χ3v) is 3.02. The van der Waals surface area contributed by atoms with Crippen molar-refractivity contribution in [3.8, 4) is 0 Å². The predicted molar refractivity (Wildman–Crippen MR) is 73.0 cm³/mol. The third kappa shape index (κ3) is 4.96. The maximum absolute atomic E-state index is 10.8. The van der Waals surface area contributed by atoms with Crippen LogP contribution in [-0.2, 0) is 6.54 Å². The van der Waals surface area contributed by atoms with E-state index in [9.17, 15) is 4.79 Å². The van der Waals surface area contributed by atoms with Crippen LogP contribution in [0.1, 0.15) is 43.4 Å². The van der Waals surface area contributed by atoms with E-state index in [1.54, 1.807) is 12.1 Å². The molecular formula is C14H22N2O3. The fourth-order valence-corrected chi connectivity index (χ4v) is 1.90. The Balaban J connectivity index is 2.69. The summed E-state index contributed by atoms with van der Waals surface area (Å²) in [5.74, 6) is -1.02. The molecule has 0 amide bonds. The first-order chi connectivity index (χ1) is 8.84. The van der Waals surface area contributed by atoms with Crippen LogP contribution < -0.4 is 5.32 Å². The minimum Gasteiger partial charge on any atom is -0.477 e. The van der Waals surface area contributed by atoms with Gasteiger partial charge in [-0.2, -0.15) is 0 Å². The molecule has 5 heteroatoms. The number of rotatable bonds is 6. The first-order valence-electron chi connectivity index (χ1n) is 6.38. The molecule has 1 atom stereocenters. The molecule has 1 aromatic heterocycles. The second-order valence-corrected chi connectivity index (χ2v) is 5.63. The highest BCUT2D eigenvalue weighted by molar-refractivity contribution is 5.85. The highest BCUT2D eigenvalue weighted by Gasteiger charge is 2.23. The van der Waals surface area contributed by atoms with E-state index in [1.165, 1.54) is 6.07 Å². The van der Waals surface area contributed by atoms with E-state index in [0.29, 0.717) is 18.7 Å². The molecule has 3 N–H and O–H groups in total. The minimum absolute atomic E-state index is 0.0210. The Kier molecular flexibility index (Phi) is 5.44. The summed E-state index contributed by atoms with van der Waals surface area (Å²) < 4.78 is 0. The molecule has 1 heterocycles. The van der Waals surface area contributed by atoms with Crippen molar-refractivity contribution >= 4 is 5.97 Å². The normalized spacial score (nSPS) is 13.3. The summed E-state index contributed by atoms with van der Waals surface area (Å²) in [6.45, 7) is 6.91. The maximum atomic E-state index is 10.8. The summed E-state index contributed by atoms with van der Waals surface area (Å²) in [5, 5.41) is 21.3. The van der Waals surface area contributed by atoms with Gasteiger partial charge in [0.2, 0.25) is 0 Å². The number of aliphatic hydroxyl groups excluding tert-OH is 1. The smallest absolute Gasteiger partial charge is 0.354 e. The largest absolute Gasteiger partial charge is 0.477 e. The molecule has 19 heavy (non-hydrogen) atoms. The van der Waals surface area contributed by atoms with Crippen molar-refractivity contribution < 1.29 is 15.0 Å². The number of aromatic carboxylic acids is 1. The molecule has 106 valence electrons. The van der Waals surface area contributed by atoms with Gasteiger partial charge in [0.1, 0.15) is 5.69 Å². The molecule has 5 nitrogen and oxygen atoms in total. The number of carboxylic acid groups (broad SMARTS) is 1. The van der Waals surface area contributed by atoms with Gasteiger partial charge >= 0.3 is 5.97 Å². The molecule has 0 aliphatic rings. The first kappa shape index (κ1) is 15.6. The zero-order valence-electron chi connectivity index (χ0n) is 11.7. The predicted octanol–water partition coefficient (Wildman–Crippen LogP) is 1.67. The molecule has 0 spiro atoms. The molecule has 0 aliphatic carbocycles. The summed E-state index contributed by atoms with van der Waals surface area (Å²) >= 11 is 0. The van der Waals surface area contributed by atoms with E-state index in [2.05, 4.69) is 31.1 Å². The van der Waals surface area contributed by atoms with Crippen LogP contribution in [0, 0.1) is 5.41 Å². The zero-order valence-corrected chi connectivity index (χ0v) is 11.7. The second-order valence-electron chi connectivity index (χ2n) is 5.63. The average molecular weight is 266 g/mol. The van der Waals surface area contributed by atoms with Crippen LogP contribution in [0.4, 0.5) is 0 Å². The van der Waals surface area contributed by atoms with Crippen LogP contribution in [-0.4, -0.2) is 33.8 Å². The monoisotopic (exact) mass is 266 g/mol.